The first-order chi connectivity index (χ1) is 30.1. The first-order valence-corrected chi connectivity index (χ1v) is 20.9. The fourth-order valence-corrected chi connectivity index (χ4v) is 7.16. The Morgan fingerprint density at radius 3 is 1.10 bits per heavy atom. The van der Waals surface area contributed by atoms with Crippen LogP contribution in [0.25, 0.3) is 0 Å². The van der Waals surface area contributed by atoms with Crippen LogP contribution < -0.4 is 9.47 Å². The van der Waals surface area contributed by atoms with Gasteiger partial charge in [-0.25, -0.2) is 0 Å². The van der Waals surface area contributed by atoms with E-state index in [2.05, 4.69) is 0 Å². The summed E-state index contributed by atoms with van der Waals surface area (Å²) >= 11 is 0. The lowest BCUT2D eigenvalue weighted by Gasteiger charge is -2.49. The molecule has 1 saturated carbocycles. The Labute approximate surface area is 362 Å². The third-order valence-electron chi connectivity index (χ3n) is 10.2. The molecule has 62 heavy (non-hydrogen) atoms. The van der Waals surface area contributed by atoms with Crippen LogP contribution in [0, 0.1) is 23.7 Å². The van der Waals surface area contributed by atoms with Crippen molar-refractivity contribution in [1.29, 1.82) is 0 Å². The molecule has 0 heterocycles. The molecule has 0 unspecified atom stereocenters. The van der Waals surface area contributed by atoms with Crippen molar-refractivity contribution in [3.8, 4) is 23.0 Å². The number of carbonyl (C=O) groups is 6. The van der Waals surface area contributed by atoms with E-state index < -0.39 is 72.9 Å². The Morgan fingerprint density at radius 2 is 0.774 bits per heavy atom. The standard InChI is InChI=1S/C48H54N2O12/c1-5-27-49(29-33-19-23-37(24-20-33)61-35-15-11-9-12-16-35)45(53)41-42(44(48(56)60-32-58-40(52)8-4)43(41)47(55)59-31-57-39(51)7-3)46(54)50(28-6-2)30-34-21-25-38(26-22-34)62-36-17-13-10-14-18-36/h9-26,41-44H,5-8,27-32H2,1-4H3/t41-,42-,43-,44-/m1/s1. The van der Waals surface area contributed by atoms with Gasteiger partial charge in [0.15, 0.2) is 0 Å². The smallest absolute Gasteiger partial charge is 0.313 e. The predicted octanol–water partition coefficient (Wildman–Crippen LogP) is 7.83. The van der Waals surface area contributed by atoms with Crippen molar-refractivity contribution in [1.82, 2.24) is 9.80 Å². The molecule has 328 valence electrons. The fraction of sp³-hybridized carbons (Fsp3) is 0.375. The lowest BCUT2D eigenvalue weighted by Crippen LogP contribution is -2.64. The molecule has 4 aromatic carbocycles. The van der Waals surface area contributed by atoms with Gasteiger partial charge in [-0.1, -0.05) is 88.4 Å². The maximum absolute atomic E-state index is 14.9. The Morgan fingerprint density at radius 1 is 0.435 bits per heavy atom. The SMILES string of the molecule is CCCN(Cc1ccc(Oc2ccccc2)cc1)C(=O)[C@H]1[C@@H](C(=O)OCOC(=O)CC)[C@H](C(=O)OCOC(=O)CC)[C@@H]1C(=O)N(CCC)Cc1ccc(Oc2ccccc2)cc1. The molecule has 2 amide bonds. The van der Waals surface area contributed by atoms with Gasteiger partial charge < -0.3 is 38.2 Å². The summed E-state index contributed by atoms with van der Waals surface area (Å²) in [5.41, 5.74) is 1.50. The molecule has 1 aliphatic carbocycles. The van der Waals surface area contributed by atoms with Gasteiger partial charge in [0.05, 0.1) is 23.7 Å². The van der Waals surface area contributed by atoms with Crippen LogP contribution in [-0.4, -0.2) is 72.2 Å². The van der Waals surface area contributed by atoms with E-state index in [1.54, 1.807) is 47.9 Å². The first kappa shape index (κ1) is 46.4. The summed E-state index contributed by atoms with van der Waals surface area (Å²) in [5, 5.41) is 0. The second kappa shape index (κ2) is 23.3. The van der Waals surface area contributed by atoms with Gasteiger partial charge in [-0.3, -0.25) is 28.8 Å². The van der Waals surface area contributed by atoms with Gasteiger partial charge in [-0.2, -0.15) is 0 Å². The number of nitrogens with zero attached hydrogens (tertiary/aromatic N) is 2. The fourth-order valence-electron chi connectivity index (χ4n) is 7.16. The van der Waals surface area contributed by atoms with E-state index in [0.717, 1.165) is 11.1 Å². The van der Waals surface area contributed by atoms with E-state index in [1.165, 1.54) is 0 Å². The van der Waals surface area contributed by atoms with Crippen molar-refractivity contribution >= 4 is 35.7 Å². The zero-order chi connectivity index (χ0) is 44.4. The summed E-state index contributed by atoms with van der Waals surface area (Å²) < 4.78 is 32.6. The summed E-state index contributed by atoms with van der Waals surface area (Å²) in [7, 11) is 0. The van der Waals surface area contributed by atoms with Crippen molar-refractivity contribution < 1.29 is 57.2 Å². The zero-order valence-corrected chi connectivity index (χ0v) is 35.6. The number of carbonyl (C=O) groups excluding carboxylic acids is 6. The summed E-state index contributed by atoms with van der Waals surface area (Å²) in [6.45, 7) is 6.14. The Kier molecular flexibility index (Phi) is 17.5. The Balaban J connectivity index is 1.46. The molecule has 0 N–H and O–H groups in total. The van der Waals surface area contributed by atoms with Crippen molar-refractivity contribution in [2.75, 3.05) is 26.7 Å². The molecule has 0 radical (unpaired) electrons. The minimum atomic E-state index is -1.51. The van der Waals surface area contributed by atoms with Gasteiger partial charge >= 0.3 is 23.9 Å². The highest BCUT2D eigenvalue weighted by molar-refractivity contribution is 6.00. The highest BCUT2D eigenvalue weighted by Gasteiger charge is 2.65. The molecule has 14 nitrogen and oxygen atoms in total. The van der Waals surface area contributed by atoms with Crippen LogP contribution in [0.15, 0.2) is 109 Å². The molecule has 5 rings (SSSR count). The van der Waals surface area contributed by atoms with Crippen LogP contribution >= 0.6 is 0 Å². The number of hydrogen-bond acceptors (Lipinski definition) is 12. The predicted molar refractivity (Wildman–Crippen MR) is 226 cm³/mol. The maximum Gasteiger partial charge on any atom is 0.313 e. The number of amides is 2. The molecule has 14 heteroatoms. The lowest BCUT2D eigenvalue weighted by atomic mass is 9.55. The average molecular weight is 851 g/mol. The molecule has 1 aliphatic rings. The molecule has 0 bridgehead atoms. The van der Waals surface area contributed by atoms with Gasteiger partial charge in [0, 0.05) is 39.0 Å². The molecule has 4 aromatic rings. The van der Waals surface area contributed by atoms with Crippen molar-refractivity contribution in [2.24, 2.45) is 23.7 Å². The third kappa shape index (κ3) is 12.7. The second-order valence-electron chi connectivity index (χ2n) is 14.6. The monoisotopic (exact) mass is 850 g/mol. The highest BCUT2D eigenvalue weighted by Crippen LogP contribution is 2.50. The minimum absolute atomic E-state index is 0.0193. The van der Waals surface area contributed by atoms with E-state index in [1.807, 2.05) is 98.8 Å². The quantitative estimate of drug-likeness (QED) is 0.0557. The van der Waals surface area contributed by atoms with Gasteiger partial charge in [0.2, 0.25) is 25.4 Å². The van der Waals surface area contributed by atoms with Crippen LogP contribution in [0.4, 0.5) is 0 Å². The number of hydrogen-bond donors (Lipinski definition) is 0. The zero-order valence-electron chi connectivity index (χ0n) is 35.6. The van der Waals surface area contributed by atoms with Crippen LogP contribution in [0.2, 0.25) is 0 Å². The first-order valence-electron chi connectivity index (χ1n) is 20.9. The largest absolute Gasteiger partial charge is 0.457 e. The van der Waals surface area contributed by atoms with Crippen LogP contribution in [0.3, 0.4) is 0 Å². The van der Waals surface area contributed by atoms with E-state index in [4.69, 9.17) is 28.4 Å². The van der Waals surface area contributed by atoms with E-state index in [9.17, 15) is 28.8 Å². The van der Waals surface area contributed by atoms with Crippen molar-refractivity contribution in [2.45, 2.75) is 66.5 Å². The molecular formula is C48H54N2O12. The van der Waals surface area contributed by atoms with Gasteiger partial charge in [-0.05, 0) is 72.5 Å². The van der Waals surface area contributed by atoms with E-state index in [0.29, 0.717) is 35.8 Å². The van der Waals surface area contributed by atoms with Gasteiger partial charge in [0.25, 0.3) is 0 Å². The molecule has 0 saturated heterocycles. The topological polar surface area (TPSA) is 164 Å². The number of rotatable bonds is 22. The van der Waals surface area contributed by atoms with E-state index in [-0.39, 0.29) is 39.0 Å². The number of benzene rings is 4. The maximum atomic E-state index is 14.9. The number of ether oxygens (including phenoxy) is 6. The van der Waals surface area contributed by atoms with Crippen molar-refractivity contribution in [3.63, 3.8) is 0 Å². The number of esters is 4. The lowest BCUT2D eigenvalue weighted by molar-refractivity contribution is -0.202. The average Bonchev–Trinajstić information content (AvgIpc) is 3.27. The molecule has 0 aliphatic heterocycles. The van der Waals surface area contributed by atoms with Crippen LogP contribution in [-0.2, 0) is 60.8 Å². The summed E-state index contributed by atoms with van der Waals surface area (Å²) in [5.74, 6) is -7.70. The highest BCUT2D eigenvalue weighted by atomic mass is 16.7. The molecule has 1 fully saturated rings. The van der Waals surface area contributed by atoms with Gasteiger partial charge in [-0.15, -0.1) is 0 Å². The summed E-state index contributed by atoms with van der Waals surface area (Å²) in [6, 6.07) is 33.0. The Bertz CT molecular complexity index is 1940. The molecule has 4 atom stereocenters. The molecule has 0 spiro atoms. The second-order valence-corrected chi connectivity index (χ2v) is 14.6. The van der Waals surface area contributed by atoms with Crippen molar-refractivity contribution in [3.05, 3.63) is 120 Å². The van der Waals surface area contributed by atoms with E-state index >= 15 is 0 Å². The third-order valence-corrected chi connectivity index (χ3v) is 10.2. The van der Waals surface area contributed by atoms with Gasteiger partial charge in [0.1, 0.15) is 23.0 Å². The number of para-hydroxylation sites is 2. The Hall–Kier alpha value is -6.70. The minimum Gasteiger partial charge on any atom is -0.457 e. The van der Waals surface area contributed by atoms with Crippen LogP contribution in [0.1, 0.15) is 64.5 Å². The normalized spacial score (nSPS) is 16.5. The molecular weight excluding hydrogens is 797 g/mol. The summed E-state index contributed by atoms with van der Waals surface area (Å²) in [4.78, 5) is 84.7. The molecule has 0 aromatic heterocycles. The van der Waals surface area contributed by atoms with Crippen LogP contribution in [0.5, 0.6) is 23.0 Å². The summed E-state index contributed by atoms with van der Waals surface area (Å²) in [6.07, 6.45) is 1.11.